The van der Waals surface area contributed by atoms with Crippen molar-refractivity contribution >= 4 is 5.69 Å². The molecule has 1 heterocycles. The summed E-state index contributed by atoms with van der Waals surface area (Å²) >= 11 is 0. The van der Waals surface area contributed by atoms with Crippen molar-refractivity contribution in [3.05, 3.63) is 29.8 Å². The van der Waals surface area contributed by atoms with Gasteiger partial charge in [0.05, 0.1) is 12.6 Å². The van der Waals surface area contributed by atoms with Gasteiger partial charge < -0.3 is 14.9 Å². The van der Waals surface area contributed by atoms with Crippen molar-refractivity contribution in [1.29, 1.82) is 0 Å². The fraction of sp³-hybridized carbons (Fsp3) is 0.700. The number of aliphatic hydroxyl groups is 1. The maximum absolute atomic E-state index is 9.95. The minimum atomic E-state index is 0.122. The van der Waals surface area contributed by atoms with Crippen LogP contribution in [0.15, 0.2) is 24.3 Å². The SMILES string of the molecule is CCN(CC)c1ccc(C(CO)N2CCN(CC(C)C)CC2)cc1. The van der Waals surface area contributed by atoms with Gasteiger partial charge in [0.25, 0.3) is 0 Å². The summed E-state index contributed by atoms with van der Waals surface area (Å²) in [6, 6.07) is 8.89. The molecule has 1 aromatic carbocycles. The number of benzene rings is 1. The summed E-state index contributed by atoms with van der Waals surface area (Å²) in [5.74, 6) is 0.720. The third kappa shape index (κ3) is 4.95. The molecule has 1 aromatic rings. The summed E-state index contributed by atoms with van der Waals surface area (Å²) in [4.78, 5) is 7.32. The van der Waals surface area contributed by atoms with Gasteiger partial charge in [-0.15, -0.1) is 0 Å². The van der Waals surface area contributed by atoms with Crippen molar-refractivity contribution in [3.8, 4) is 0 Å². The number of anilines is 1. The second kappa shape index (κ2) is 9.40. The molecule has 1 aliphatic rings. The molecule has 0 aliphatic carbocycles. The minimum Gasteiger partial charge on any atom is -0.394 e. The predicted molar refractivity (Wildman–Crippen MR) is 103 cm³/mol. The van der Waals surface area contributed by atoms with Gasteiger partial charge >= 0.3 is 0 Å². The topological polar surface area (TPSA) is 30.0 Å². The van der Waals surface area contributed by atoms with Crippen LogP contribution in [0.3, 0.4) is 0 Å². The van der Waals surface area contributed by atoms with Crippen LogP contribution in [0.1, 0.15) is 39.3 Å². The van der Waals surface area contributed by atoms with Gasteiger partial charge in [-0.1, -0.05) is 26.0 Å². The van der Waals surface area contributed by atoms with Crippen LogP contribution in [-0.4, -0.2) is 67.3 Å². The largest absolute Gasteiger partial charge is 0.394 e. The Bertz CT molecular complexity index is 462. The number of aliphatic hydroxyl groups excluding tert-OH is 1. The van der Waals surface area contributed by atoms with Crippen molar-refractivity contribution < 1.29 is 5.11 Å². The Balaban J connectivity index is 1.99. The normalized spacial score (nSPS) is 18.1. The van der Waals surface area contributed by atoms with Crippen LogP contribution in [0.25, 0.3) is 0 Å². The Kier molecular flexibility index (Phi) is 7.53. The number of piperazine rings is 1. The van der Waals surface area contributed by atoms with Crippen molar-refractivity contribution in [2.45, 2.75) is 33.7 Å². The second-order valence-electron chi connectivity index (χ2n) is 7.19. The van der Waals surface area contributed by atoms with Crippen molar-refractivity contribution in [2.75, 3.05) is 57.3 Å². The fourth-order valence-corrected chi connectivity index (χ4v) is 3.70. The van der Waals surface area contributed by atoms with E-state index in [0.717, 1.165) is 45.2 Å². The quantitative estimate of drug-likeness (QED) is 0.792. The Morgan fingerprint density at radius 3 is 2.04 bits per heavy atom. The number of nitrogens with zero attached hydrogens (tertiary/aromatic N) is 3. The first-order chi connectivity index (χ1) is 11.6. The first-order valence-corrected chi connectivity index (χ1v) is 9.51. The van der Waals surface area contributed by atoms with Gasteiger partial charge in [-0.3, -0.25) is 4.90 Å². The van der Waals surface area contributed by atoms with E-state index in [4.69, 9.17) is 0 Å². The highest BCUT2D eigenvalue weighted by atomic mass is 16.3. The van der Waals surface area contributed by atoms with Crippen LogP contribution in [-0.2, 0) is 0 Å². The fourth-order valence-electron chi connectivity index (χ4n) is 3.70. The Morgan fingerprint density at radius 2 is 1.58 bits per heavy atom. The molecule has 4 nitrogen and oxygen atoms in total. The molecule has 1 atom stereocenters. The summed E-state index contributed by atoms with van der Waals surface area (Å²) in [7, 11) is 0. The van der Waals surface area contributed by atoms with E-state index in [2.05, 4.69) is 66.7 Å². The third-order valence-corrected chi connectivity index (χ3v) is 5.05. The monoisotopic (exact) mass is 333 g/mol. The summed E-state index contributed by atoms with van der Waals surface area (Å²) in [6.07, 6.45) is 0. The van der Waals surface area contributed by atoms with Crippen molar-refractivity contribution in [1.82, 2.24) is 9.80 Å². The van der Waals surface area contributed by atoms with Gasteiger partial charge in [0.2, 0.25) is 0 Å². The lowest BCUT2D eigenvalue weighted by Crippen LogP contribution is -2.49. The first-order valence-electron chi connectivity index (χ1n) is 9.51. The molecule has 0 saturated carbocycles. The molecule has 24 heavy (non-hydrogen) atoms. The lowest BCUT2D eigenvalue weighted by atomic mass is 10.0. The van der Waals surface area contributed by atoms with Gasteiger partial charge in [0.1, 0.15) is 0 Å². The zero-order valence-electron chi connectivity index (χ0n) is 15.9. The molecular weight excluding hydrogens is 298 g/mol. The maximum Gasteiger partial charge on any atom is 0.0628 e. The van der Waals surface area contributed by atoms with Crippen LogP contribution in [0, 0.1) is 5.92 Å². The summed E-state index contributed by atoms with van der Waals surface area (Å²) in [6.45, 7) is 16.6. The third-order valence-electron chi connectivity index (χ3n) is 5.05. The van der Waals surface area contributed by atoms with Crippen LogP contribution >= 0.6 is 0 Å². The molecule has 0 spiro atoms. The van der Waals surface area contributed by atoms with E-state index in [0.29, 0.717) is 0 Å². The summed E-state index contributed by atoms with van der Waals surface area (Å²) < 4.78 is 0. The van der Waals surface area contributed by atoms with Crippen LogP contribution < -0.4 is 4.90 Å². The zero-order chi connectivity index (χ0) is 17.5. The Hall–Kier alpha value is -1.10. The number of rotatable bonds is 8. The summed E-state index contributed by atoms with van der Waals surface area (Å²) in [5.41, 5.74) is 2.49. The molecule has 0 radical (unpaired) electrons. The van der Waals surface area contributed by atoms with Gasteiger partial charge in [-0.2, -0.15) is 0 Å². The standard InChI is InChI=1S/C20H35N3O/c1-5-22(6-2)19-9-7-18(8-10-19)20(16-24)23-13-11-21(12-14-23)15-17(3)4/h7-10,17,20,24H,5-6,11-16H2,1-4H3. The molecule has 1 aliphatic heterocycles. The van der Waals surface area contributed by atoms with E-state index in [1.54, 1.807) is 0 Å². The maximum atomic E-state index is 9.95. The van der Waals surface area contributed by atoms with E-state index in [9.17, 15) is 5.11 Å². The minimum absolute atomic E-state index is 0.122. The van der Waals surface area contributed by atoms with Gasteiger partial charge in [0.15, 0.2) is 0 Å². The molecule has 0 amide bonds. The molecule has 0 bridgehead atoms. The molecule has 136 valence electrons. The molecule has 1 unspecified atom stereocenters. The van der Waals surface area contributed by atoms with Crippen LogP contribution in [0.4, 0.5) is 5.69 Å². The van der Waals surface area contributed by atoms with Crippen LogP contribution in [0.5, 0.6) is 0 Å². The molecule has 1 N–H and O–H groups in total. The van der Waals surface area contributed by atoms with E-state index >= 15 is 0 Å². The average Bonchev–Trinajstić information content (AvgIpc) is 2.59. The van der Waals surface area contributed by atoms with Gasteiger partial charge in [-0.05, 0) is 37.5 Å². The molecule has 2 rings (SSSR count). The highest BCUT2D eigenvalue weighted by molar-refractivity contribution is 5.47. The van der Waals surface area contributed by atoms with Crippen LogP contribution in [0.2, 0.25) is 0 Å². The lowest BCUT2D eigenvalue weighted by molar-refractivity contribution is 0.0606. The molecule has 1 saturated heterocycles. The predicted octanol–water partition coefficient (Wildman–Crippen LogP) is 2.84. The average molecular weight is 334 g/mol. The van der Waals surface area contributed by atoms with E-state index in [-0.39, 0.29) is 12.6 Å². The Morgan fingerprint density at radius 1 is 1.00 bits per heavy atom. The second-order valence-corrected chi connectivity index (χ2v) is 7.19. The highest BCUT2D eigenvalue weighted by Crippen LogP contribution is 2.24. The summed E-state index contributed by atoms with van der Waals surface area (Å²) in [5, 5.41) is 9.95. The first kappa shape index (κ1) is 19.2. The molecular formula is C20H35N3O. The number of hydrogen-bond donors (Lipinski definition) is 1. The smallest absolute Gasteiger partial charge is 0.0628 e. The van der Waals surface area contributed by atoms with E-state index < -0.39 is 0 Å². The van der Waals surface area contributed by atoms with Gasteiger partial charge in [0, 0.05) is 51.5 Å². The zero-order valence-corrected chi connectivity index (χ0v) is 15.9. The molecule has 1 fully saturated rings. The molecule has 0 aromatic heterocycles. The van der Waals surface area contributed by atoms with Crippen molar-refractivity contribution in [3.63, 3.8) is 0 Å². The molecule has 4 heteroatoms. The highest BCUT2D eigenvalue weighted by Gasteiger charge is 2.24. The van der Waals surface area contributed by atoms with Crippen molar-refractivity contribution in [2.24, 2.45) is 5.92 Å². The van der Waals surface area contributed by atoms with Gasteiger partial charge in [-0.25, -0.2) is 0 Å². The lowest BCUT2D eigenvalue weighted by Gasteiger charge is -2.39. The Labute approximate surface area is 148 Å². The van der Waals surface area contributed by atoms with E-state index in [1.165, 1.54) is 17.8 Å². The number of hydrogen-bond acceptors (Lipinski definition) is 4. The van der Waals surface area contributed by atoms with E-state index in [1.807, 2.05) is 0 Å².